The monoisotopic (exact) mass is 581 g/mol. The van der Waals surface area contributed by atoms with Crippen LogP contribution in [0.5, 0.6) is 23.0 Å². The normalized spacial score (nSPS) is 13.3. The number of rotatable bonds is 9. The Bertz CT molecular complexity index is 1710. The molecule has 0 amide bonds. The molecule has 0 aliphatic carbocycles. The molecule has 0 bridgehead atoms. The number of para-hydroxylation sites is 1. The predicted molar refractivity (Wildman–Crippen MR) is 168 cm³/mol. The summed E-state index contributed by atoms with van der Waals surface area (Å²) in [6, 6.07) is 21.3. The van der Waals surface area contributed by atoms with E-state index in [1.807, 2.05) is 43.3 Å². The van der Waals surface area contributed by atoms with Gasteiger partial charge < -0.3 is 24.3 Å². The van der Waals surface area contributed by atoms with Crippen molar-refractivity contribution in [1.82, 2.24) is 0 Å². The lowest BCUT2D eigenvalue weighted by atomic mass is 9.85. The zero-order chi connectivity index (χ0) is 30.7. The number of carbonyl (C=O) groups is 1. The van der Waals surface area contributed by atoms with Gasteiger partial charge in [0.2, 0.25) is 0 Å². The van der Waals surface area contributed by atoms with Crippen LogP contribution in [0.25, 0.3) is 16.7 Å². The first-order valence-electron chi connectivity index (χ1n) is 14.1. The van der Waals surface area contributed by atoms with E-state index in [0.717, 1.165) is 44.6 Å². The van der Waals surface area contributed by atoms with Gasteiger partial charge in [0.1, 0.15) is 35.4 Å². The van der Waals surface area contributed by atoms with Gasteiger partial charge in [-0.15, -0.1) is 0 Å². The van der Waals surface area contributed by atoms with Crippen LogP contribution in [-0.4, -0.2) is 25.7 Å². The number of hydrogen-bond acceptors (Lipinski definition) is 6. The predicted octanol–water partition coefficient (Wildman–Crippen LogP) is 8.15. The molecule has 1 heterocycles. The van der Waals surface area contributed by atoms with Crippen LogP contribution in [-0.2, 0) is 17.8 Å². The lowest BCUT2D eigenvalue weighted by molar-refractivity contribution is -0.133. The topological polar surface area (TPSA) is 66.0 Å². The molecule has 0 radical (unpaired) electrons. The second-order valence-electron chi connectivity index (χ2n) is 11.2. The van der Waals surface area contributed by atoms with Crippen LogP contribution < -0.4 is 24.3 Å². The number of anilines is 1. The molecule has 0 spiro atoms. The van der Waals surface area contributed by atoms with Gasteiger partial charge >= 0.3 is 5.97 Å². The fourth-order valence-electron chi connectivity index (χ4n) is 5.61. The third-order valence-corrected chi connectivity index (χ3v) is 7.49. The molecule has 0 unspecified atom stereocenters. The summed E-state index contributed by atoms with van der Waals surface area (Å²) in [6.07, 6.45) is 2.26. The number of hydrogen-bond donors (Lipinski definition) is 1. The minimum absolute atomic E-state index is 0.0643. The van der Waals surface area contributed by atoms with Crippen molar-refractivity contribution < 1.29 is 28.1 Å². The Kier molecular flexibility index (Phi) is 8.44. The van der Waals surface area contributed by atoms with E-state index in [2.05, 4.69) is 38.2 Å². The Labute approximate surface area is 252 Å². The number of esters is 1. The van der Waals surface area contributed by atoms with Gasteiger partial charge in [-0.25, -0.2) is 4.39 Å². The molecule has 0 atom stereocenters. The summed E-state index contributed by atoms with van der Waals surface area (Å²) in [7, 11) is 3.15. The molecule has 1 N–H and O–H groups in total. The highest BCUT2D eigenvalue weighted by Crippen LogP contribution is 2.43. The first-order chi connectivity index (χ1) is 20.6. The van der Waals surface area contributed by atoms with Crippen molar-refractivity contribution in [2.24, 2.45) is 0 Å². The largest absolute Gasteiger partial charge is 0.496 e. The number of fused-ring (bicyclic) bond motifs is 1. The molecular weight excluding hydrogens is 545 g/mol. The maximum atomic E-state index is 14.1. The van der Waals surface area contributed by atoms with Crippen LogP contribution in [0.4, 0.5) is 10.1 Å². The maximum Gasteiger partial charge on any atom is 0.315 e. The van der Waals surface area contributed by atoms with Gasteiger partial charge in [0.25, 0.3) is 0 Å². The van der Waals surface area contributed by atoms with Crippen molar-refractivity contribution in [3.05, 3.63) is 107 Å². The van der Waals surface area contributed by atoms with Crippen molar-refractivity contribution in [1.29, 1.82) is 0 Å². The number of halogens is 1. The second-order valence-corrected chi connectivity index (χ2v) is 11.2. The summed E-state index contributed by atoms with van der Waals surface area (Å²) in [5, 5.41) is 3.60. The molecule has 4 aromatic rings. The number of carbonyl (C=O) groups excluding carboxylic acids is 1. The van der Waals surface area contributed by atoms with Crippen molar-refractivity contribution in [2.75, 3.05) is 19.5 Å². The quantitative estimate of drug-likeness (QED) is 0.159. The third kappa shape index (κ3) is 6.51. The highest BCUT2D eigenvalue weighted by Gasteiger charge is 2.27. The number of benzene rings is 4. The van der Waals surface area contributed by atoms with Gasteiger partial charge in [-0.05, 0) is 74.7 Å². The van der Waals surface area contributed by atoms with Crippen molar-refractivity contribution in [3.63, 3.8) is 0 Å². The average Bonchev–Trinajstić information content (AvgIpc) is 2.97. The standard InChI is InChI=1S/C36H36FNO5/c1-22-11-12-25(37)18-32(22)42-21-29-27(15-16-30-35(29)23(2)20-36(3,4)38-30)28-14-13-26(19-33(28)41-6)43-34(39)17-24-9-7-8-10-31(24)40-5/h7-16,18-20,38H,17,21H2,1-6H3. The fourth-order valence-corrected chi connectivity index (χ4v) is 5.61. The van der Waals surface area contributed by atoms with E-state index < -0.39 is 5.97 Å². The molecule has 7 heteroatoms. The second kappa shape index (κ2) is 12.2. The minimum Gasteiger partial charge on any atom is -0.496 e. The molecule has 1 aliphatic heterocycles. The van der Waals surface area contributed by atoms with Crippen LogP contribution in [0.3, 0.4) is 0 Å². The smallest absolute Gasteiger partial charge is 0.315 e. The summed E-state index contributed by atoms with van der Waals surface area (Å²) in [5.74, 6) is 1.25. The van der Waals surface area contributed by atoms with E-state index in [1.165, 1.54) is 12.1 Å². The summed E-state index contributed by atoms with van der Waals surface area (Å²) in [6.45, 7) is 8.42. The van der Waals surface area contributed by atoms with Crippen LogP contribution in [0.2, 0.25) is 0 Å². The molecule has 5 rings (SSSR count). The third-order valence-electron chi connectivity index (χ3n) is 7.49. The number of methoxy groups -OCH3 is 2. The summed E-state index contributed by atoms with van der Waals surface area (Å²) < 4.78 is 37.2. The molecule has 222 valence electrons. The van der Waals surface area contributed by atoms with Gasteiger partial charge in [-0.2, -0.15) is 0 Å². The van der Waals surface area contributed by atoms with Gasteiger partial charge in [0.15, 0.2) is 0 Å². The average molecular weight is 582 g/mol. The minimum atomic E-state index is -0.415. The highest BCUT2D eigenvalue weighted by molar-refractivity contribution is 5.88. The summed E-state index contributed by atoms with van der Waals surface area (Å²) >= 11 is 0. The lowest BCUT2D eigenvalue weighted by Crippen LogP contribution is -2.32. The SMILES string of the molecule is COc1ccccc1CC(=O)Oc1ccc(-c2ccc3c(c2COc2cc(F)ccc2C)C(C)=CC(C)(C)N3)c(OC)c1. The first-order valence-corrected chi connectivity index (χ1v) is 14.1. The van der Waals surface area contributed by atoms with Gasteiger partial charge in [-0.3, -0.25) is 4.79 Å². The van der Waals surface area contributed by atoms with E-state index >= 15 is 0 Å². The molecule has 6 nitrogen and oxygen atoms in total. The molecule has 1 aliphatic rings. The lowest BCUT2D eigenvalue weighted by Gasteiger charge is -2.33. The Balaban J connectivity index is 1.51. The Morgan fingerprint density at radius 2 is 1.60 bits per heavy atom. The first kappa shape index (κ1) is 29.7. The van der Waals surface area contributed by atoms with Crippen molar-refractivity contribution in [3.8, 4) is 34.1 Å². The van der Waals surface area contributed by atoms with E-state index in [-0.39, 0.29) is 24.4 Å². The Morgan fingerprint density at radius 3 is 2.37 bits per heavy atom. The van der Waals surface area contributed by atoms with E-state index in [1.54, 1.807) is 32.4 Å². The molecule has 4 aromatic carbocycles. The van der Waals surface area contributed by atoms with E-state index in [0.29, 0.717) is 23.0 Å². The summed E-state index contributed by atoms with van der Waals surface area (Å²) in [5.41, 5.74) is 7.12. The van der Waals surface area contributed by atoms with Gasteiger partial charge in [0, 0.05) is 40.1 Å². The molecular formula is C36H36FNO5. The van der Waals surface area contributed by atoms with Gasteiger partial charge in [-0.1, -0.05) is 36.4 Å². The highest BCUT2D eigenvalue weighted by atomic mass is 19.1. The molecule has 0 saturated carbocycles. The molecule has 0 fully saturated rings. The number of aryl methyl sites for hydroxylation is 1. The van der Waals surface area contributed by atoms with Crippen LogP contribution in [0, 0.1) is 12.7 Å². The molecule has 0 aromatic heterocycles. The number of ether oxygens (including phenoxy) is 4. The van der Waals surface area contributed by atoms with Gasteiger partial charge in [0.05, 0.1) is 26.2 Å². The van der Waals surface area contributed by atoms with Crippen LogP contribution >= 0.6 is 0 Å². The molecule has 0 saturated heterocycles. The number of nitrogens with one attached hydrogen (secondary N) is 1. The fraction of sp³-hybridized carbons (Fsp3) is 0.250. The summed E-state index contributed by atoms with van der Waals surface area (Å²) in [4.78, 5) is 12.8. The zero-order valence-electron chi connectivity index (χ0n) is 25.3. The zero-order valence-corrected chi connectivity index (χ0v) is 25.3. The van der Waals surface area contributed by atoms with E-state index in [4.69, 9.17) is 18.9 Å². The van der Waals surface area contributed by atoms with Crippen molar-refractivity contribution >= 4 is 17.2 Å². The van der Waals surface area contributed by atoms with Crippen LogP contribution in [0.1, 0.15) is 43.0 Å². The van der Waals surface area contributed by atoms with Crippen LogP contribution in [0.15, 0.2) is 78.9 Å². The Hall–Kier alpha value is -4.78. The maximum absolute atomic E-state index is 14.1. The van der Waals surface area contributed by atoms with E-state index in [9.17, 15) is 9.18 Å². The molecule has 43 heavy (non-hydrogen) atoms. The van der Waals surface area contributed by atoms with Crippen molar-refractivity contribution in [2.45, 2.75) is 46.3 Å². The number of allylic oxidation sites excluding steroid dienone is 1. The Morgan fingerprint density at radius 1 is 0.860 bits per heavy atom.